The normalized spacial score (nSPS) is 15.6. The molecule has 31 heavy (non-hydrogen) atoms. The lowest BCUT2D eigenvalue weighted by atomic mass is 10.0. The summed E-state index contributed by atoms with van der Waals surface area (Å²) >= 11 is 0. The molecule has 1 amide bonds. The van der Waals surface area contributed by atoms with Crippen molar-refractivity contribution in [1.82, 2.24) is 9.80 Å². The van der Waals surface area contributed by atoms with Crippen LogP contribution in [0.2, 0.25) is 0 Å². The fourth-order valence-corrected chi connectivity index (χ4v) is 3.98. The first-order chi connectivity index (χ1) is 14.7. The maximum atomic E-state index is 13.7. The van der Waals surface area contributed by atoms with Crippen LogP contribution >= 0.6 is 0 Å². The van der Waals surface area contributed by atoms with Crippen molar-refractivity contribution < 1.29 is 18.0 Å². The minimum Gasteiger partial charge on any atom is -0.326 e. The Morgan fingerprint density at radius 3 is 2.39 bits per heavy atom. The zero-order valence-electron chi connectivity index (χ0n) is 17.6. The number of carbonyl (C=O) groups is 1. The lowest BCUT2D eigenvalue weighted by Gasteiger charge is -2.33. The average Bonchev–Trinajstić information content (AvgIpc) is 2.74. The van der Waals surface area contributed by atoms with E-state index in [0.717, 1.165) is 43.0 Å². The summed E-state index contributed by atoms with van der Waals surface area (Å²) in [5, 5.41) is 3.76. The van der Waals surface area contributed by atoms with Crippen LogP contribution in [0.1, 0.15) is 23.1 Å². The molecule has 0 aliphatic carbocycles. The molecule has 1 N–H and O–H groups in total. The van der Waals surface area contributed by atoms with Crippen LogP contribution in [0, 0.1) is 0 Å². The zero-order valence-corrected chi connectivity index (χ0v) is 18.6. The molecule has 0 aromatic heterocycles. The van der Waals surface area contributed by atoms with Crippen molar-refractivity contribution in [3.63, 3.8) is 0 Å². The zero-order chi connectivity index (χ0) is 22.4. The van der Waals surface area contributed by atoms with E-state index < -0.39 is 11.7 Å². The van der Waals surface area contributed by atoms with Crippen LogP contribution in [0.4, 0.5) is 18.9 Å². The number of piperazine rings is 1. The van der Waals surface area contributed by atoms with E-state index in [1.807, 2.05) is 36.2 Å². The number of rotatable bonds is 7. The number of hydrogen-bond donors (Lipinski definition) is 1. The van der Waals surface area contributed by atoms with Gasteiger partial charge in [0.1, 0.15) is 0 Å². The number of anilines is 1. The van der Waals surface area contributed by atoms with Crippen LogP contribution in [0.5, 0.6) is 0 Å². The molecule has 4 nitrogen and oxygen atoms in total. The first kappa shape index (κ1) is 23.4. The lowest BCUT2D eigenvalue weighted by molar-refractivity contribution is -0.138. The van der Waals surface area contributed by atoms with E-state index in [0.29, 0.717) is 15.6 Å². The number of alkyl halides is 3. The molecule has 1 aliphatic heterocycles. The standard InChI is InChI=1S/C23H27F3N3OSi/c1-28-11-13-29(14-12-28)16-18-6-7-19(15-21(18)23(24,25)26)27-22(30)10-5-17-3-8-20(31-2)9-4-17/h3-4,6-9,15H,2,5,10-14,16H2,1H3,(H,27,30). The molecular formula is C23H27F3N3OSi. The second kappa shape index (κ2) is 10.3. The third-order valence-electron chi connectivity index (χ3n) is 5.49. The van der Waals surface area contributed by atoms with E-state index >= 15 is 0 Å². The number of nitrogens with one attached hydrogen (secondary N) is 1. The van der Waals surface area contributed by atoms with Gasteiger partial charge in [0.15, 0.2) is 0 Å². The highest BCUT2D eigenvalue weighted by Crippen LogP contribution is 2.34. The number of benzene rings is 2. The number of nitrogens with zero attached hydrogens (tertiary/aromatic N) is 2. The van der Waals surface area contributed by atoms with Gasteiger partial charge in [-0.05, 0) is 41.9 Å². The van der Waals surface area contributed by atoms with Gasteiger partial charge in [-0.25, -0.2) is 0 Å². The third-order valence-corrected chi connectivity index (χ3v) is 6.23. The summed E-state index contributed by atoms with van der Waals surface area (Å²) < 4.78 is 41.0. The number of carbonyl (C=O) groups excluding carboxylic acids is 1. The predicted molar refractivity (Wildman–Crippen MR) is 120 cm³/mol. The highest BCUT2D eigenvalue weighted by atomic mass is 28.2. The van der Waals surface area contributed by atoms with Crippen molar-refractivity contribution in [2.45, 2.75) is 25.6 Å². The minimum atomic E-state index is -4.47. The summed E-state index contributed by atoms with van der Waals surface area (Å²) in [5.41, 5.74) is 0.735. The van der Waals surface area contributed by atoms with Crippen molar-refractivity contribution in [3.05, 3.63) is 59.2 Å². The molecule has 0 saturated carbocycles. The Labute approximate surface area is 183 Å². The Bertz CT molecular complexity index is 907. The van der Waals surface area contributed by atoms with Crippen molar-refractivity contribution in [1.29, 1.82) is 0 Å². The molecule has 2 aromatic rings. The number of likely N-dealkylation sites (N-methyl/N-ethyl adjacent to an activating group) is 1. The molecule has 1 heterocycles. The van der Waals surface area contributed by atoms with Gasteiger partial charge in [-0.2, -0.15) is 13.2 Å². The van der Waals surface area contributed by atoms with Crippen LogP contribution in [0.3, 0.4) is 0 Å². The lowest BCUT2D eigenvalue weighted by Crippen LogP contribution is -2.44. The van der Waals surface area contributed by atoms with Gasteiger partial charge in [-0.15, -0.1) is 6.17 Å². The van der Waals surface area contributed by atoms with Gasteiger partial charge >= 0.3 is 6.18 Å². The Hall–Kier alpha value is -2.29. The molecule has 0 bridgehead atoms. The van der Waals surface area contributed by atoms with Gasteiger partial charge in [0.25, 0.3) is 0 Å². The Morgan fingerprint density at radius 2 is 1.77 bits per heavy atom. The number of halogens is 3. The van der Waals surface area contributed by atoms with Crippen LogP contribution in [0.25, 0.3) is 0 Å². The van der Waals surface area contributed by atoms with Gasteiger partial charge < -0.3 is 10.2 Å². The van der Waals surface area contributed by atoms with E-state index in [9.17, 15) is 18.0 Å². The predicted octanol–water partition coefficient (Wildman–Crippen LogP) is 2.79. The fourth-order valence-electron chi connectivity index (χ4n) is 3.57. The minimum absolute atomic E-state index is 0.174. The van der Waals surface area contributed by atoms with E-state index in [-0.39, 0.29) is 30.1 Å². The van der Waals surface area contributed by atoms with E-state index in [1.54, 1.807) is 6.07 Å². The maximum Gasteiger partial charge on any atom is 0.416 e. The number of amides is 1. The molecule has 8 heteroatoms. The van der Waals surface area contributed by atoms with Gasteiger partial charge in [-0.3, -0.25) is 9.69 Å². The molecule has 3 rings (SSSR count). The first-order valence-corrected chi connectivity index (χ1v) is 11.5. The van der Waals surface area contributed by atoms with Gasteiger partial charge in [0.05, 0.1) is 14.7 Å². The summed E-state index contributed by atoms with van der Waals surface area (Å²) in [7, 11) is 2.48. The maximum absolute atomic E-state index is 13.7. The van der Waals surface area contributed by atoms with Crippen molar-refractivity contribution >= 4 is 32.1 Å². The third kappa shape index (κ3) is 6.85. The first-order valence-electron chi connectivity index (χ1n) is 10.3. The van der Waals surface area contributed by atoms with E-state index in [1.165, 1.54) is 6.07 Å². The summed E-state index contributed by atoms with van der Waals surface area (Å²) in [6.07, 6.45) is 0.111. The van der Waals surface area contributed by atoms with Gasteiger partial charge in [0, 0.05) is 44.8 Å². The fraction of sp³-hybridized carbons (Fsp3) is 0.391. The van der Waals surface area contributed by atoms with Crippen molar-refractivity contribution in [3.8, 4) is 0 Å². The van der Waals surface area contributed by atoms with Gasteiger partial charge in [-0.1, -0.05) is 30.3 Å². The second-order valence-corrected chi connectivity index (χ2v) is 8.80. The number of hydrogen-bond acceptors (Lipinski definition) is 3. The molecule has 0 atom stereocenters. The van der Waals surface area contributed by atoms with Crippen LogP contribution in [-0.2, 0) is 23.9 Å². The summed E-state index contributed by atoms with van der Waals surface area (Å²) in [6.45, 7) is 3.41. The molecule has 1 aliphatic rings. The van der Waals surface area contributed by atoms with E-state index in [4.69, 9.17) is 0 Å². The molecule has 2 aromatic carbocycles. The summed E-state index contributed by atoms with van der Waals surface area (Å²) in [6, 6.07) is 12.0. The Kier molecular flexibility index (Phi) is 7.80. The average molecular weight is 447 g/mol. The van der Waals surface area contributed by atoms with E-state index in [2.05, 4.69) is 16.4 Å². The van der Waals surface area contributed by atoms with Crippen LogP contribution in [0.15, 0.2) is 42.5 Å². The molecule has 165 valence electrons. The smallest absolute Gasteiger partial charge is 0.326 e. The summed E-state index contributed by atoms with van der Waals surface area (Å²) in [4.78, 5) is 16.5. The second-order valence-electron chi connectivity index (χ2n) is 7.87. The molecule has 0 spiro atoms. The largest absolute Gasteiger partial charge is 0.416 e. The van der Waals surface area contributed by atoms with Gasteiger partial charge in [0.2, 0.25) is 5.91 Å². The molecule has 1 fully saturated rings. The topological polar surface area (TPSA) is 35.6 Å². The van der Waals surface area contributed by atoms with Crippen molar-refractivity contribution in [2.24, 2.45) is 0 Å². The quantitative estimate of drug-likeness (QED) is 0.665. The van der Waals surface area contributed by atoms with Crippen LogP contribution < -0.4 is 10.5 Å². The Morgan fingerprint density at radius 1 is 1.10 bits per heavy atom. The SMILES string of the molecule is C=[Si]c1ccc(CCC(=O)Nc2ccc(CN3CCN(C)CC3)c(C(F)(F)F)c2)cc1. The number of aryl methyl sites for hydroxylation is 1. The highest BCUT2D eigenvalue weighted by Gasteiger charge is 2.34. The highest BCUT2D eigenvalue weighted by molar-refractivity contribution is 6.56. The molecular weight excluding hydrogens is 419 g/mol. The monoisotopic (exact) mass is 446 g/mol. The van der Waals surface area contributed by atoms with Crippen LogP contribution in [-0.4, -0.2) is 64.2 Å². The Balaban J connectivity index is 1.63. The molecule has 1 saturated heterocycles. The molecule has 1 radical (unpaired) electrons. The van der Waals surface area contributed by atoms with Crippen molar-refractivity contribution in [2.75, 3.05) is 38.5 Å². The molecule has 0 unspecified atom stereocenters. The summed E-state index contributed by atoms with van der Waals surface area (Å²) in [5.74, 6) is -0.303.